The van der Waals surface area contributed by atoms with E-state index in [1.165, 1.54) is 12.8 Å². The number of rotatable bonds is 2. The number of hydrogen-bond acceptors (Lipinski definition) is 3. The zero-order chi connectivity index (χ0) is 10.8. The van der Waals surface area contributed by atoms with Crippen LogP contribution in [0.1, 0.15) is 26.7 Å². The van der Waals surface area contributed by atoms with Gasteiger partial charge in [0.25, 0.3) is 0 Å². The van der Waals surface area contributed by atoms with Gasteiger partial charge in [0, 0.05) is 18.4 Å². The lowest BCUT2D eigenvalue weighted by molar-refractivity contribution is 0.434. The lowest BCUT2D eigenvalue weighted by Gasteiger charge is -2.19. The molecule has 0 saturated heterocycles. The van der Waals surface area contributed by atoms with Crippen LogP contribution >= 0.6 is 15.9 Å². The molecule has 0 aliphatic heterocycles. The maximum atomic E-state index is 4.23. The molecule has 3 atom stereocenters. The SMILES string of the molecule is CC1CCC(Nc2ncc(Br)cn2)C1C. The minimum atomic E-state index is 0.529. The molecule has 2 rings (SSSR count). The Kier molecular flexibility index (Phi) is 3.24. The largest absolute Gasteiger partial charge is 0.351 e. The summed E-state index contributed by atoms with van der Waals surface area (Å²) in [5.41, 5.74) is 0. The van der Waals surface area contributed by atoms with E-state index in [-0.39, 0.29) is 0 Å². The predicted octanol–water partition coefficient (Wildman–Crippen LogP) is 3.09. The number of anilines is 1. The van der Waals surface area contributed by atoms with Crippen molar-refractivity contribution in [3.63, 3.8) is 0 Å². The monoisotopic (exact) mass is 269 g/mol. The molecule has 0 radical (unpaired) electrons. The zero-order valence-corrected chi connectivity index (χ0v) is 10.7. The first-order valence-corrected chi connectivity index (χ1v) is 6.20. The fourth-order valence-electron chi connectivity index (χ4n) is 2.12. The Labute approximate surface area is 98.8 Å². The van der Waals surface area contributed by atoms with Crippen LogP contribution < -0.4 is 5.32 Å². The molecule has 4 heteroatoms. The Balaban J connectivity index is 2.00. The molecule has 82 valence electrons. The number of hydrogen-bond donors (Lipinski definition) is 1. The van der Waals surface area contributed by atoms with Gasteiger partial charge in [-0.15, -0.1) is 0 Å². The smallest absolute Gasteiger partial charge is 0.222 e. The molecule has 3 nitrogen and oxygen atoms in total. The highest BCUT2D eigenvalue weighted by atomic mass is 79.9. The highest BCUT2D eigenvalue weighted by Gasteiger charge is 2.29. The van der Waals surface area contributed by atoms with Crippen molar-refractivity contribution in [2.75, 3.05) is 5.32 Å². The van der Waals surface area contributed by atoms with E-state index in [0.29, 0.717) is 12.0 Å². The average Bonchev–Trinajstić information content (AvgIpc) is 2.53. The van der Waals surface area contributed by atoms with Crippen LogP contribution in [0.3, 0.4) is 0 Å². The van der Waals surface area contributed by atoms with E-state index in [2.05, 4.69) is 45.1 Å². The minimum Gasteiger partial charge on any atom is -0.351 e. The van der Waals surface area contributed by atoms with Crippen LogP contribution in [-0.4, -0.2) is 16.0 Å². The first kappa shape index (κ1) is 10.9. The van der Waals surface area contributed by atoms with Crippen LogP contribution in [0.25, 0.3) is 0 Å². The lowest BCUT2D eigenvalue weighted by Crippen LogP contribution is -2.25. The molecule has 1 aliphatic rings. The van der Waals surface area contributed by atoms with Crippen LogP contribution in [0.2, 0.25) is 0 Å². The van der Waals surface area contributed by atoms with Gasteiger partial charge in [-0.2, -0.15) is 0 Å². The van der Waals surface area contributed by atoms with Gasteiger partial charge >= 0.3 is 0 Å². The summed E-state index contributed by atoms with van der Waals surface area (Å²) in [7, 11) is 0. The number of nitrogens with zero attached hydrogens (tertiary/aromatic N) is 2. The summed E-state index contributed by atoms with van der Waals surface area (Å²) in [5, 5.41) is 3.41. The first-order chi connectivity index (χ1) is 7.16. The summed E-state index contributed by atoms with van der Waals surface area (Å²) in [5.74, 6) is 2.25. The molecule has 1 heterocycles. The van der Waals surface area contributed by atoms with Gasteiger partial charge < -0.3 is 5.32 Å². The van der Waals surface area contributed by atoms with Crippen molar-refractivity contribution in [3.8, 4) is 0 Å². The van der Waals surface area contributed by atoms with Crippen molar-refractivity contribution in [1.82, 2.24) is 9.97 Å². The molecule has 0 amide bonds. The standard InChI is InChI=1S/C11H16BrN3/c1-7-3-4-10(8(7)2)15-11-13-5-9(12)6-14-11/h5-8,10H,3-4H2,1-2H3,(H,13,14,15). The Bertz CT molecular complexity index is 325. The van der Waals surface area contributed by atoms with Gasteiger partial charge in [0.1, 0.15) is 0 Å². The van der Waals surface area contributed by atoms with Gasteiger partial charge in [-0.1, -0.05) is 13.8 Å². The van der Waals surface area contributed by atoms with E-state index in [1.807, 2.05) is 0 Å². The molecular formula is C11H16BrN3. The normalized spacial score (nSPS) is 30.5. The summed E-state index contributed by atoms with van der Waals surface area (Å²) in [4.78, 5) is 8.46. The molecule has 3 unspecified atom stereocenters. The summed E-state index contributed by atoms with van der Waals surface area (Å²) in [6.07, 6.45) is 6.08. The number of halogens is 1. The van der Waals surface area contributed by atoms with E-state index >= 15 is 0 Å². The van der Waals surface area contributed by atoms with Gasteiger partial charge in [0.15, 0.2) is 0 Å². The molecule has 0 aromatic carbocycles. The zero-order valence-electron chi connectivity index (χ0n) is 9.07. The summed E-state index contributed by atoms with van der Waals surface area (Å²) < 4.78 is 0.917. The molecule has 1 aromatic rings. The Morgan fingerprint density at radius 2 is 1.93 bits per heavy atom. The molecule has 0 spiro atoms. The topological polar surface area (TPSA) is 37.8 Å². The molecule has 1 N–H and O–H groups in total. The Hall–Kier alpha value is -0.640. The second-order valence-corrected chi connectivity index (χ2v) is 5.31. The second-order valence-electron chi connectivity index (χ2n) is 4.39. The van der Waals surface area contributed by atoms with E-state index in [0.717, 1.165) is 16.3 Å². The Morgan fingerprint density at radius 3 is 2.47 bits per heavy atom. The minimum absolute atomic E-state index is 0.529. The number of nitrogens with one attached hydrogen (secondary N) is 1. The predicted molar refractivity (Wildman–Crippen MR) is 64.7 cm³/mol. The van der Waals surface area contributed by atoms with Gasteiger partial charge in [0.05, 0.1) is 4.47 Å². The fourth-order valence-corrected chi connectivity index (χ4v) is 2.33. The quantitative estimate of drug-likeness (QED) is 0.897. The van der Waals surface area contributed by atoms with Crippen molar-refractivity contribution < 1.29 is 0 Å². The summed E-state index contributed by atoms with van der Waals surface area (Å²) in [6, 6.07) is 0.529. The highest BCUT2D eigenvalue weighted by Crippen LogP contribution is 2.32. The fraction of sp³-hybridized carbons (Fsp3) is 0.636. The third-order valence-corrected chi connectivity index (χ3v) is 3.81. The van der Waals surface area contributed by atoms with Crippen molar-refractivity contribution in [2.24, 2.45) is 11.8 Å². The van der Waals surface area contributed by atoms with Gasteiger partial charge in [-0.25, -0.2) is 9.97 Å². The Morgan fingerprint density at radius 1 is 1.27 bits per heavy atom. The molecule has 0 bridgehead atoms. The molecule has 1 saturated carbocycles. The molecule has 1 aliphatic carbocycles. The lowest BCUT2D eigenvalue weighted by atomic mass is 9.98. The van der Waals surface area contributed by atoms with Crippen molar-refractivity contribution in [1.29, 1.82) is 0 Å². The van der Waals surface area contributed by atoms with Crippen LogP contribution in [0, 0.1) is 11.8 Å². The average molecular weight is 270 g/mol. The van der Waals surface area contributed by atoms with E-state index < -0.39 is 0 Å². The van der Waals surface area contributed by atoms with Crippen LogP contribution in [0.4, 0.5) is 5.95 Å². The molecular weight excluding hydrogens is 254 g/mol. The van der Waals surface area contributed by atoms with Gasteiger partial charge in [0.2, 0.25) is 5.95 Å². The van der Waals surface area contributed by atoms with E-state index in [1.54, 1.807) is 12.4 Å². The third-order valence-electron chi connectivity index (χ3n) is 3.40. The van der Waals surface area contributed by atoms with Gasteiger partial charge in [-0.05, 0) is 40.6 Å². The summed E-state index contributed by atoms with van der Waals surface area (Å²) >= 11 is 3.33. The third kappa shape index (κ3) is 2.48. The molecule has 1 fully saturated rings. The first-order valence-electron chi connectivity index (χ1n) is 5.41. The second kappa shape index (κ2) is 4.47. The maximum Gasteiger partial charge on any atom is 0.222 e. The van der Waals surface area contributed by atoms with E-state index in [4.69, 9.17) is 0 Å². The van der Waals surface area contributed by atoms with Crippen molar-refractivity contribution >= 4 is 21.9 Å². The van der Waals surface area contributed by atoms with Crippen LogP contribution in [0.15, 0.2) is 16.9 Å². The van der Waals surface area contributed by atoms with Crippen molar-refractivity contribution in [2.45, 2.75) is 32.7 Å². The molecule has 15 heavy (non-hydrogen) atoms. The summed E-state index contributed by atoms with van der Waals surface area (Å²) in [6.45, 7) is 4.61. The maximum absolute atomic E-state index is 4.23. The number of aromatic nitrogens is 2. The van der Waals surface area contributed by atoms with Crippen molar-refractivity contribution in [3.05, 3.63) is 16.9 Å². The highest BCUT2D eigenvalue weighted by molar-refractivity contribution is 9.10. The van der Waals surface area contributed by atoms with Crippen LogP contribution in [-0.2, 0) is 0 Å². The van der Waals surface area contributed by atoms with Crippen LogP contribution in [0.5, 0.6) is 0 Å². The van der Waals surface area contributed by atoms with Gasteiger partial charge in [-0.3, -0.25) is 0 Å². The van der Waals surface area contributed by atoms with E-state index in [9.17, 15) is 0 Å². The molecule has 1 aromatic heterocycles.